The van der Waals surface area contributed by atoms with Gasteiger partial charge >= 0.3 is 0 Å². The van der Waals surface area contributed by atoms with Gasteiger partial charge in [0.05, 0.1) is 0 Å². The number of nitrogens with one attached hydrogen (secondary N) is 1. The van der Waals surface area contributed by atoms with Crippen molar-refractivity contribution in [1.29, 1.82) is 0 Å². The monoisotopic (exact) mass is 407 g/mol. The molecule has 30 heavy (non-hydrogen) atoms. The van der Waals surface area contributed by atoms with E-state index in [9.17, 15) is 4.79 Å². The second-order valence-electron chi connectivity index (χ2n) is 8.24. The summed E-state index contributed by atoms with van der Waals surface area (Å²) in [5, 5.41) is 4.20. The van der Waals surface area contributed by atoms with Crippen LogP contribution in [0.3, 0.4) is 0 Å². The smallest absolute Gasteiger partial charge is 0.274 e. The van der Waals surface area contributed by atoms with E-state index in [4.69, 9.17) is 9.26 Å². The normalized spacial score (nSPS) is 21.5. The van der Waals surface area contributed by atoms with Gasteiger partial charge in [-0.1, -0.05) is 5.16 Å². The summed E-state index contributed by atoms with van der Waals surface area (Å²) in [6.07, 6.45) is 7.23. The standard InChI is InChI=1S/C22H25N5O3/c1-14-18(19-25-20(30-26-19)17-6-5-9-23-17)16-7-10-27(13-15(16)12-24-14)21(28)22(2)8-3-4-11-29-22/h5-6,9,12,23H,3-4,7-8,10-11,13H2,1-2H3/t22-/m0/s1. The Morgan fingerprint density at radius 3 is 3.00 bits per heavy atom. The number of aryl methyl sites for hydroxylation is 1. The maximum absolute atomic E-state index is 13.2. The van der Waals surface area contributed by atoms with Crippen molar-refractivity contribution in [1.82, 2.24) is 25.0 Å². The fraction of sp³-hybridized carbons (Fsp3) is 0.455. The number of aromatic nitrogens is 4. The number of pyridine rings is 1. The number of amides is 1. The van der Waals surface area contributed by atoms with Crippen LogP contribution in [0.15, 0.2) is 29.0 Å². The van der Waals surface area contributed by atoms with E-state index in [1.807, 2.05) is 43.3 Å². The highest BCUT2D eigenvalue weighted by atomic mass is 16.5. The SMILES string of the molecule is Cc1ncc2c(c1-c1noc(-c3ccc[nH]3)n1)CCN(C(=O)[C@]1(C)CCCCO1)C2. The third-order valence-electron chi connectivity index (χ3n) is 6.14. The molecule has 1 N–H and O–H groups in total. The molecule has 0 spiro atoms. The molecular weight excluding hydrogens is 382 g/mol. The molecule has 2 aliphatic heterocycles. The van der Waals surface area contributed by atoms with Crippen molar-refractivity contribution in [3.8, 4) is 23.0 Å². The van der Waals surface area contributed by atoms with Gasteiger partial charge < -0.3 is 19.1 Å². The Bertz CT molecular complexity index is 1070. The predicted octanol–water partition coefficient (Wildman–Crippen LogP) is 3.28. The zero-order chi connectivity index (χ0) is 20.7. The van der Waals surface area contributed by atoms with Crippen molar-refractivity contribution in [3.63, 3.8) is 0 Å². The molecule has 1 atom stereocenters. The molecule has 8 nitrogen and oxygen atoms in total. The first-order chi connectivity index (χ1) is 14.5. The molecule has 0 saturated carbocycles. The number of H-pyrrole nitrogens is 1. The van der Waals surface area contributed by atoms with E-state index in [-0.39, 0.29) is 5.91 Å². The van der Waals surface area contributed by atoms with Crippen LogP contribution in [0.2, 0.25) is 0 Å². The number of hydrogen-bond acceptors (Lipinski definition) is 6. The zero-order valence-electron chi connectivity index (χ0n) is 17.3. The lowest BCUT2D eigenvalue weighted by Gasteiger charge is -2.39. The first-order valence-corrected chi connectivity index (χ1v) is 10.4. The number of aromatic amines is 1. The van der Waals surface area contributed by atoms with Crippen LogP contribution in [-0.2, 0) is 22.5 Å². The van der Waals surface area contributed by atoms with Crippen LogP contribution in [0.1, 0.15) is 43.0 Å². The predicted molar refractivity (Wildman–Crippen MR) is 109 cm³/mol. The number of carbonyl (C=O) groups is 1. The summed E-state index contributed by atoms with van der Waals surface area (Å²) in [5.74, 6) is 1.05. The highest BCUT2D eigenvalue weighted by molar-refractivity contribution is 5.85. The molecule has 156 valence electrons. The van der Waals surface area contributed by atoms with Crippen molar-refractivity contribution in [2.45, 2.75) is 51.7 Å². The minimum atomic E-state index is -0.713. The Kier molecular flexibility index (Phi) is 4.66. The molecule has 0 bridgehead atoms. The van der Waals surface area contributed by atoms with Gasteiger partial charge in [0.1, 0.15) is 11.3 Å². The Morgan fingerprint density at radius 1 is 1.33 bits per heavy atom. The molecule has 5 rings (SSSR count). The van der Waals surface area contributed by atoms with Gasteiger partial charge in [-0.3, -0.25) is 9.78 Å². The van der Waals surface area contributed by atoms with Gasteiger partial charge in [-0.25, -0.2) is 0 Å². The molecule has 1 fully saturated rings. The van der Waals surface area contributed by atoms with E-state index in [0.29, 0.717) is 31.4 Å². The van der Waals surface area contributed by atoms with Crippen LogP contribution in [0.5, 0.6) is 0 Å². The number of fused-ring (bicyclic) bond motifs is 1. The van der Waals surface area contributed by atoms with E-state index in [1.165, 1.54) is 0 Å². The molecule has 0 unspecified atom stereocenters. The number of carbonyl (C=O) groups excluding carboxylic acids is 1. The molecule has 0 radical (unpaired) electrons. The second kappa shape index (κ2) is 7.36. The quantitative estimate of drug-likeness (QED) is 0.716. The molecule has 2 aliphatic rings. The molecule has 5 heterocycles. The minimum absolute atomic E-state index is 0.0727. The molecular formula is C22H25N5O3. The summed E-state index contributed by atoms with van der Waals surface area (Å²) in [7, 11) is 0. The van der Waals surface area contributed by atoms with Crippen LogP contribution in [-0.4, -0.2) is 49.7 Å². The largest absolute Gasteiger partial charge is 0.365 e. The van der Waals surface area contributed by atoms with Crippen LogP contribution in [0, 0.1) is 6.92 Å². The maximum atomic E-state index is 13.2. The molecule has 3 aromatic rings. The molecule has 1 amide bonds. The van der Waals surface area contributed by atoms with Gasteiger partial charge in [-0.15, -0.1) is 0 Å². The molecule has 0 aliphatic carbocycles. The van der Waals surface area contributed by atoms with Gasteiger partial charge in [0, 0.05) is 43.3 Å². The number of hydrogen-bond donors (Lipinski definition) is 1. The lowest BCUT2D eigenvalue weighted by molar-refractivity contribution is -0.162. The van der Waals surface area contributed by atoms with Gasteiger partial charge in [0.15, 0.2) is 0 Å². The Balaban J connectivity index is 1.44. The number of nitrogens with zero attached hydrogens (tertiary/aromatic N) is 4. The fourth-order valence-corrected chi connectivity index (χ4v) is 4.45. The molecule has 3 aromatic heterocycles. The number of ether oxygens (including phenoxy) is 1. The molecule has 0 aromatic carbocycles. The van der Waals surface area contributed by atoms with E-state index in [1.54, 1.807) is 0 Å². The first-order valence-electron chi connectivity index (χ1n) is 10.4. The maximum Gasteiger partial charge on any atom is 0.274 e. The molecule has 8 heteroatoms. The van der Waals surface area contributed by atoms with Crippen LogP contribution in [0.25, 0.3) is 23.0 Å². The van der Waals surface area contributed by atoms with Crippen LogP contribution in [0.4, 0.5) is 0 Å². The highest BCUT2D eigenvalue weighted by Crippen LogP contribution is 2.34. The average molecular weight is 407 g/mol. The average Bonchev–Trinajstić information content (AvgIpc) is 3.45. The fourth-order valence-electron chi connectivity index (χ4n) is 4.45. The second-order valence-corrected chi connectivity index (χ2v) is 8.24. The summed E-state index contributed by atoms with van der Waals surface area (Å²) in [5.41, 5.74) is 3.99. The Labute approximate surface area is 174 Å². The van der Waals surface area contributed by atoms with Crippen molar-refractivity contribution < 1.29 is 14.1 Å². The summed E-state index contributed by atoms with van der Waals surface area (Å²) < 4.78 is 11.3. The van der Waals surface area contributed by atoms with Crippen LogP contribution < -0.4 is 0 Å². The van der Waals surface area contributed by atoms with E-state index < -0.39 is 5.60 Å². The van der Waals surface area contributed by atoms with Crippen molar-refractivity contribution in [2.24, 2.45) is 0 Å². The Morgan fingerprint density at radius 2 is 2.23 bits per heavy atom. The van der Waals surface area contributed by atoms with E-state index in [2.05, 4.69) is 20.1 Å². The van der Waals surface area contributed by atoms with Gasteiger partial charge in [0.2, 0.25) is 5.82 Å². The minimum Gasteiger partial charge on any atom is -0.365 e. The van der Waals surface area contributed by atoms with Gasteiger partial charge in [-0.2, -0.15) is 4.98 Å². The van der Waals surface area contributed by atoms with Crippen molar-refractivity contribution in [2.75, 3.05) is 13.2 Å². The van der Waals surface area contributed by atoms with E-state index in [0.717, 1.165) is 53.8 Å². The Hall–Kier alpha value is -3.00. The van der Waals surface area contributed by atoms with Gasteiger partial charge in [-0.05, 0) is 62.8 Å². The summed E-state index contributed by atoms with van der Waals surface area (Å²) in [6.45, 7) is 5.69. The summed E-state index contributed by atoms with van der Waals surface area (Å²) in [6, 6.07) is 3.78. The zero-order valence-corrected chi connectivity index (χ0v) is 17.3. The third kappa shape index (κ3) is 3.21. The van der Waals surface area contributed by atoms with Gasteiger partial charge in [0.25, 0.3) is 11.8 Å². The summed E-state index contributed by atoms with van der Waals surface area (Å²) >= 11 is 0. The first kappa shape index (κ1) is 19.0. The van der Waals surface area contributed by atoms with Crippen molar-refractivity contribution >= 4 is 5.91 Å². The molecule has 1 saturated heterocycles. The van der Waals surface area contributed by atoms with E-state index >= 15 is 0 Å². The van der Waals surface area contributed by atoms with Crippen molar-refractivity contribution in [3.05, 3.63) is 41.3 Å². The third-order valence-corrected chi connectivity index (χ3v) is 6.14. The topological polar surface area (TPSA) is 97.1 Å². The van der Waals surface area contributed by atoms with Crippen LogP contribution >= 0.6 is 0 Å². The number of rotatable bonds is 3. The lowest BCUT2D eigenvalue weighted by Crippen LogP contribution is -2.51. The lowest BCUT2D eigenvalue weighted by atomic mass is 9.91. The summed E-state index contributed by atoms with van der Waals surface area (Å²) in [4.78, 5) is 27.3. The highest BCUT2D eigenvalue weighted by Gasteiger charge is 2.40.